The van der Waals surface area contributed by atoms with Gasteiger partial charge in [0.05, 0.1) is 0 Å². The van der Waals surface area contributed by atoms with Crippen molar-refractivity contribution in [2.45, 2.75) is 19.8 Å². The highest BCUT2D eigenvalue weighted by molar-refractivity contribution is 7.43. The first-order valence-corrected chi connectivity index (χ1v) is 4.14. The normalized spacial score (nSPS) is 12.7. The quantitative estimate of drug-likeness (QED) is 0.405. The third-order valence-electron chi connectivity index (χ3n) is 0.730. The maximum atomic E-state index is 10.6. The van der Waals surface area contributed by atoms with Gasteiger partial charge in [0, 0.05) is 6.42 Å². The second-order valence-corrected chi connectivity index (χ2v) is 2.46. The summed E-state index contributed by atoms with van der Waals surface area (Å²) in [7, 11) is -1.98. The van der Waals surface area contributed by atoms with Gasteiger partial charge in [0.1, 0.15) is 0 Å². The zero-order valence-electron chi connectivity index (χ0n) is 5.70. The van der Waals surface area contributed by atoms with Crippen molar-refractivity contribution in [1.29, 1.82) is 0 Å². The maximum absolute atomic E-state index is 10.6. The summed E-state index contributed by atoms with van der Waals surface area (Å²) in [6, 6.07) is 0. The molecule has 0 fully saturated rings. The van der Waals surface area contributed by atoms with Crippen molar-refractivity contribution >= 4 is 14.4 Å². The molecule has 0 aromatic heterocycles. The van der Waals surface area contributed by atoms with Crippen molar-refractivity contribution in [3.05, 3.63) is 0 Å². The van der Waals surface area contributed by atoms with Crippen LogP contribution in [0.25, 0.3) is 0 Å². The van der Waals surface area contributed by atoms with Crippen LogP contribution in [0.2, 0.25) is 0 Å². The monoisotopic (exact) mass is 166 g/mol. The molecule has 0 rings (SSSR count). The van der Waals surface area contributed by atoms with Crippen LogP contribution >= 0.6 is 8.53 Å². The number of amides is 1. The molecule has 0 radical (unpaired) electrons. The average Bonchev–Trinajstić information content (AvgIpc) is 1.85. The highest BCUT2D eigenvalue weighted by Crippen LogP contribution is 2.16. The Labute approximate surface area is 60.5 Å². The van der Waals surface area contributed by atoms with E-state index in [1.165, 1.54) is 0 Å². The van der Waals surface area contributed by atoms with E-state index in [0.29, 0.717) is 6.42 Å². The molecular weight excluding hydrogens is 155 g/mol. The number of nitrogens with two attached hydrogens (primary N) is 1. The summed E-state index contributed by atoms with van der Waals surface area (Å²) in [5.74, 6) is -0.269. The topological polar surface area (TPSA) is 84.6 Å². The molecule has 1 atom stereocenters. The first-order valence-electron chi connectivity index (χ1n) is 2.86. The van der Waals surface area contributed by atoms with Gasteiger partial charge in [-0.3, -0.25) is 10.3 Å². The van der Waals surface area contributed by atoms with E-state index < -0.39 is 8.53 Å². The van der Waals surface area contributed by atoms with Crippen LogP contribution in [-0.2, 0) is 9.42 Å². The molecule has 0 heterocycles. The fourth-order valence-electron chi connectivity index (χ4n) is 0.376. The molecule has 0 aliphatic heterocycles. The Kier molecular flexibility index (Phi) is 5.43. The first-order chi connectivity index (χ1) is 4.66. The molecule has 0 spiro atoms. The molecule has 60 valence electrons. The Balaban J connectivity index is 3.22. The van der Waals surface area contributed by atoms with Gasteiger partial charge in [-0.15, -0.1) is 0 Å². The van der Waals surface area contributed by atoms with E-state index in [2.05, 4.69) is 4.62 Å². The van der Waals surface area contributed by atoms with E-state index in [1.54, 1.807) is 0 Å². The smallest absolute Gasteiger partial charge is 0.274 e. The van der Waals surface area contributed by atoms with Crippen LogP contribution in [0.3, 0.4) is 0 Å². The summed E-state index contributed by atoms with van der Waals surface area (Å²) >= 11 is 0. The highest BCUT2D eigenvalue weighted by Gasteiger charge is 2.01. The standard InChI is InChI=1S/C4H11N2O3P/c1-2-3-4(7)6-9-10(5)8/h8H,2-3,5H2,1H3,(H,6,7). The Morgan fingerprint density at radius 3 is 2.90 bits per heavy atom. The van der Waals surface area contributed by atoms with Gasteiger partial charge in [-0.25, -0.2) is 10.1 Å². The number of hydroxylamine groups is 1. The first kappa shape index (κ1) is 9.78. The number of rotatable bonds is 4. The zero-order valence-corrected chi connectivity index (χ0v) is 6.60. The molecule has 1 unspecified atom stereocenters. The van der Waals surface area contributed by atoms with Crippen molar-refractivity contribution in [2.75, 3.05) is 0 Å². The van der Waals surface area contributed by atoms with E-state index in [9.17, 15) is 4.79 Å². The van der Waals surface area contributed by atoms with Crippen molar-refractivity contribution < 1.29 is 14.3 Å². The predicted octanol–water partition coefficient (Wildman–Crippen LogP) is 0.0122. The van der Waals surface area contributed by atoms with Crippen LogP contribution < -0.4 is 11.0 Å². The van der Waals surface area contributed by atoms with E-state index in [1.807, 2.05) is 12.4 Å². The molecule has 0 aliphatic rings. The van der Waals surface area contributed by atoms with Gasteiger partial charge in [0.2, 0.25) is 5.91 Å². The van der Waals surface area contributed by atoms with E-state index in [4.69, 9.17) is 10.4 Å². The lowest BCUT2D eigenvalue weighted by Crippen LogP contribution is -2.21. The van der Waals surface area contributed by atoms with Gasteiger partial charge < -0.3 is 4.89 Å². The lowest BCUT2D eigenvalue weighted by Gasteiger charge is -2.04. The second kappa shape index (κ2) is 5.56. The molecule has 0 aromatic carbocycles. The molecule has 0 bridgehead atoms. The molecule has 0 aliphatic carbocycles. The summed E-state index contributed by atoms with van der Waals surface area (Å²) < 4.78 is 4.25. The van der Waals surface area contributed by atoms with Crippen LogP contribution in [0.15, 0.2) is 0 Å². The van der Waals surface area contributed by atoms with E-state index >= 15 is 0 Å². The second-order valence-electron chi connectivity index (χ2n) is 1.67. The summed E-state index contributed by atoms with van der Waals surface area (Å²) in [6.45, 7) is 1.86. The van der Waals surface area contributed by atoms with Crippen molar-refractivity contribution in [2.24, 2.45) is 5.50 Å². The summed E-state index contributed by atoms with van der Waals surface area (Å²) in [5, 5.41) is 0. The van der Waals surface area contributed by atoms with Crippen LogP contribution in [0.4, 0.5) is 0 Å². The van der Waals surface area contributed by atoms with Crippen molar-refractivity contribution in [3.63, 3.8) is 0 Å². The Hall–Kier alpha value is -0.220. The van der Waals surface area contributed by atoms with Gasteiger partial charge in [0.15, 0.2) is 0 Å². The number of carbonyl (C=O) groups excluding carboxylic acids is 1. The minimum Gasteiger partial charge on any atom is -0.337 e. The number of nitrogens with one attached hydrogen (secondary N) is 1. The SMILES string of the molecule is CCCC(=O)NOP(N)O. The van der Waals surface area contributed by atoms with Gasteiger partial charge >= 0.3 is 0 Å². The highest BCUT2D eigenvalue weighted by atomic mass is 31.2. The lowest BCUT2D eigenvalue weighted by molar-refractivity contribution is -0.127. The summed E-state index contributed by atoms with van der Waals surface area (Å²) in [4.78, 5) is 18.9. The minimum atomic E-state index is -1.98. The fourth-order valence-corrected chi connectivity index (χ4v) is 0.571. The van der Waals surface area contributed by atoms with Crippen LogP contribution in [-0.4, -0.2) is 10.8 Å². The van der Waals surface area contributed by atoms with Crippen LogP contribution in [0.5, 0.6) is 0 Å². The zero-order chi connectivity index (χ0) is 7.98. The summed E-state index contributed by atoms with van der Waals surface area (Å²) in [5.41, 5.74) is 6.82. The molecule has 0 saturated carbocycles. The number of hydrogen-bond acceptors (Lipinski definition) is 4. The third kappa shape index (κ3) is 5.91. The molecule has 4 N–H and O–H groups in total. The van der Waals surface area contributed by atoms with Crippen LogP contribution in [0, 0.1) is 0 Å². The average molecular weight is 166 g/mol. The molecule has 0 aromatic rings. The Bertz CT molecular complexity index is 109. The van der Waals surface area contributed by atoms with Gasteiger partial charge in [-0.2, -0.15) is 0 Å². The molecular formula is C4H11N2O3P. The van der Waals surface area contributed by atoms with Crippen molar-refractivity contribution in [3.8, 4) is 0 Å². The van der Waals surface area contributed by atoms with Gasteiger partial charge in [-0.05, 0) is 6.42 Å². The number of carbonyl (C=O) groups is 1. The van der Waals surface area contributed by atoms with Gasteiger partial charge in [0.25, 0.3) is 8.53 Å². The van der Waals surface area contributed by atoms with E-state index in [0.717, 1.165) is 6.42 Å². The number of hydrogen-bond donors (Lipinski definition) is 3. The molecule has 0 saturated heterocycles. The fraction of sp³-hybridized carbons (Fsp3) is 0.750. The maximum Gasteiger partial charge on any atom is 0.274 e. The molecule has 6 heteroatoms. The van der Waals surface area contributed by atoms with Crippen molar-refractivity contribution in [1.82, 2.24) is 5.48 Å². The lowest BCUT2D eigenvalue weighted by atomic mass is 10.3. The minimum absolute atomic E-state index is 0.269. The Morgan fingerprint density at radius 2 is 2.50 bits per heavy atom. The molecule has 1 amide bonds. The largest absolute Gasteiger partial charge is 0.337 e. The molecule has 10 heavy (non-hydrogen) atoms. The van der Waals surface area contributed by atoms with E-state index in [-0.39, 0.29) is 5.91 Å². The summed E-state index contributed by atoms with van der Waals surface area (Å²) in [6.07, 6.45) is 1.12. The van der Waals surface area contributed by atoms with Gasteiger partial charge in [-0.1, -0.05) is 6.92 Å². The third-order valence-corrected chi connectivity index (χ3v) is 1.01. The van der Waals surface area contributed by atoms with Crippen LogP contribution in [0.1, 0.15) is 19.8 Å². The molecule has 5 nitrogen and oxygen atoms in total. The Morgan fingerprint density at radius 1 is 1.90 bits per heavy atom. The predicted molar refractivity (Wildman–Crippen MR) is 37.5 cm³/mol.